The van der Waals surface area contributed by atoms with Gasteiger partial charge in [-0.25, -0.2) is 0 Å². The maximum absolute atomic E-state index is 10.6. The van der Waals surface area contributed by atoms with Crippen LogP contribution in [0.2, 0.25) is 0 Å². The van der Waals surface area contributed by atoms with Gasteiger partial charge < -0.3 is 10.4 Å². The average molecular weight is 280 g/mol. The lowest BCUT2D eigenvalue weighted by atomic mass is 9.95. The van der Waals surface area contributed by atoms with Gasteiger partial charge in [0, 0.05) is 12.6 Å². The Morgan fingerprint density at radius 2 is 1.76 bits per heavy atom. The fourth-order valence-corrected chi connectivity index (χ4v) is 2.22. The van der Waals surface area contributed by atoms with Crippen LogP contribution < -0.4 is 5.32 Å². The molecule has 108 valence electrons. The standard InChI is InChI=1S/C18H20N2O/c1-14(16-10-8-15(12-19)9-11-16)20-13-18(2,21)17-6-4-3-5-7-17/h3-11,14,20-21H,13H2,1-2H3/t14-,18-/m1/s1. The molecule has 0 saturated heterocycles. The third-order valence-electron chi connectivity index (χ3n) is 3.69. The van der Waals surface area contributed by atoms with Crippen LogP contribution in [0.5, 0.6) is 0 Å². The maximum Gasteiger partial charge on any atom is 0.0992 e. The van der Waals surface area contributed by atoms with Crippen LogP contribution in [-0.4, -0.2) is 11.7 Å². The summed E-state index contributed by atoms with van der Waals surface area (Å²) < 4.78 is 0. The van der Waals surface area contributed by atoms with Gasteiger partial charge in [0.1, 0.15) is 0 Å². The summed E-state index contributed by atoms with van der Waals surface area (Å²) in [6.45, 7) is 4.31. The first-order valence-electron chi connectivity index (χ1n) is 7.04. The predicted octanol–water partition coefficient (Wildman–Crippen LogP) is 3.12. The quantitative estimate of drug-likeness (QED) is 0.884. The van der Waals surface area contributed by atoms with E-state index in [1.54, 1.807) is 6.92 Å². The number of nitriles is 1. The summed E-state index contributed by atoms with van der Waals surface area (Å²) in [6, 6.07) is 19.3. The van der Waals surface area contributed by atoms with Gasteiger partial charge in [0.25, 0.3) is 0 Å². The van der Waals surface area contributed by atoms with Crippen molar-refractivity contribution in [1.29, 1.82) is 5.26 Å². The van der Waals surface area contributed by atoms with E-state index in [2.05, 4.69) is 11.4 Å². The maximum atomic E-state index is 10.6. The van der Waals surface area contributed by atoms with Crippen molar-refractivity contribution in [2.75, 3.05) is 6.54 Å². The molecule has 0 bridgehead atoms. The zero-order valence-electron chi connectivity index (χ0n) is 12.4. The largest absolute Gasteiger partial charge is 0.384 e. The number of nitrogens with one attached hydrogen (secondary N) is 1. The van der Waals surface area contributed by atoms with Crippen molar-refractivity contribution in [1.82, 2.24) is 5.32 Å². The second kappa shape index (κ2) is 6.53. The Bertz CT molecular complexity index is 612. The second-order valence-corrected chi connectivity index (χ2v) is 5.48. The Labute approximate surface area is 125 Å². The van der Waals surface area contributed by atoms with Crippen LogP contribution in [0.25, 0.3) is 0 Å². The molecule has 3 heteroatoms. The van der Waals surface area contributed by atoms with Crippen molar-refractivity contribution >= 4 is 0 Å². The SMILES string of the molecule is C[C@@H](NC[C@@](C)(O)c1ccccc1)c1ccc(C#N)cc1. The van der Waals surface area contributed by atoms with Gasteiger partial charge in [-0.1, -0.05) is 42.5 Å². The molecule has 0 aliphatic heterocycles. The first kappa shape index (κ1) is 15.2. The van der Waals surface area contributed by atoms with Gasteiger partial charge in [0.05, 0.1) is 17.2 Å². The smallest absolute Gasteiger partial charge is 0.0992 e. The van der Waals surface area contributed by atoms with E-state index in [9.17, 15) is 5.11 Å². The number of aliphatic hydroxyl groups is 1. The fourth-order valence-electron chi connectivity index (χ4n) is 2.22. The van der Waals surface area contributed by atoms with Gasteiger partial charge in [-0.05, 0) is 37.1 Å². The van der Waals surface area contributed by atoms with E-state index < -0.39 is 5.60 Å². The lowest BCUT2D eigenvalue weighted by molar-refractivity contribution is 0.0543. The molecular formula is C18H20N2O. The Balaban J connectivity index is 2.00. The minimum absolute atomic E-state index is 0.105. The van der Waals surface area contributed by atoms with Crippen LogP contribution in [0.15, 0.2) is 54.6 Å². The first-order valence-corrected chi connectivity index (χ1v) is 7.04. The highest BCUT2D eigenvalue weighted by Crippen LogP contribution is 2.21. The molecule has 0 saturated carbocycles. The molecule has 0 heterocycles. The van der Waals surface area contributed by atoms with Crippen molar-refractivity contribution in [2.24, 2.45) is 0 Å². The Morgan fingerprint density at radius 1 is 1.14 bits per heavy atom. The Kier molecular flexibility index (Phi) is 4.74. The van der Waals surface area contributed by atoms with Crippen molar-refractivity contribution in [3.05, 3.63) is 71.3 Å². The third kappa shape index (κ3) is 3.91. The van der Waals surface area contributed by atoms with E-state index in [1.165, 1.54) is 0 Å². The average Bonchev–Trinajstić information content (AvgIpc) is 2.53. The van der Waals surface area contributed by atoms with Gasteiger partial charge in [0.15, 0.2) is 0 Å². The molecule has 0 aliphatic rings. The summed E-state index contributed by atoms with van der Waals surface area (Å²) in [7, 11) is 0. The van der Waals surface area contributed by atoms with E-state index in [1.807, 2.05) is 61.5 Å². The van der Waals surface area contributed by atoms with Gasteiger partial charge in [0.2, 0.25) is 0 Å². The van der Waals surface area contributed by atoms with Crippen LogP contribution in [0.3, 0.4) is 0 Å². The highest BCUT2D eigenvalue weighted by atomic mass is 16.3. The lowest BCUT2D eigenvalue weighted by Crippen LogP contribution is -2.36. The van der Waals surface area contributed by atoms with Crippen LogP contribution in [0.4, 0.5) is 0 Å². The van der Waals surface area contributed by atoms with Crippen molar-refractivity contribution in [3.63, 3.8) is 0 Å². The molecule has 2 N–H and O–H groups in total. The number of benzene rings is 2. The first-order chi connectivity index (χ1) is 10.0. The molecule has 0 aromatic heterocycles. The number of rotatable bonds is 5. The zero-order chi connectivity index (χ0) is 15.3. The van der Waals surface area contributed by atoms with E-state index in [4.69, 9.17) is 5.26 Å². The van der Waals surface area contributed by atoms with Crippen molar-refractivity contribution in [2.45, 2.75) is 25.5 Å². The monoisotopic (exact) mass is 280 g/mol. The Morgan fingerprint density at radius 3 is 2.33 bits per heavy atom. The summed E-state index contributed by atoms with van der Waals surface area (Å²) in [5.74, 6) is 0. The topological polar surface area (TPSA) is 56.0 Å². The van der Waals surface area contributed by atoms with Crippen LogP contribution in [-0.2, 0) is 5.60 Å². The van der Waals surface area contributed by atoms with Gasteiger partial charge >= 0.3 is 0 Å². The van der Waals surface area contributed by atoms with E-state index in [0.717, 1.165) is 11.1 Å². The molecule has 2 aromatic carbocycles. The number of hydrogen-bond acceptors (Lipinski definition) is 3. The minimum Gasteiger partial charge on any atom is -0.384 e. The van der Waals surface area contributed by atoms with Crippen molar-refractivity contribution in [3.8, 4) is 6.07 Å². The second-order valence-electron chi connectivity index (χ2n) is 5.48. The fraction of sp³-hybridized carbons (Fsp3) is 0.278. The van der Waals surface area contributed by atoms with E-state index >= 15 is 0 Å². The molecule has 2 atom stereocenters. The molecule has 2 aromatic rings. The molecule has 0 radical (unpaired) electrons. The minimum atomic E-state index is -0.915. The lowest BCUT2D eigenvalue weighted by Gasteiger charge is -2.26. The van der Waals surface area contributed by atoms with Crippen LogP contribution in [0.1, 0.15) is 36.6 Å². The predicted molar refractivity (Wildman–Crippen MR) is 83.6 cm³/mol. The molecule has 0 spiro atoms. The molecule has 0 unspecified atom stereocenters. The number of nitrogens with zero attached hydrogens (tertiary/aromatic N) is 1. The van der Waals surface area contributed by atoms with Crippen LogP contribution in [0, 0.1) is 11.3 Å². The normalized spacial score (nSPS) is 15.0. The molecule has 0 amide bonds. The Hall–Kier alpha value is -2.15. The van der Waals surface area contributed by atoms with E-state index in [0.29, 0.717) is 12.1 Å². The molecule has 21 heavy (non-hydrogen) atoms. The zero-order valence-corrected chi connectivity index (χ0v) is 12.4. The summed E-state index contributed by atoms with van der Waals surface area (Å²) in [5.41, 5.74) is 1.73. The summed E-state index contributed by atoms with van der Waals surface area (Å²) >= 11 is 0. The van der Waals surface area contributed by atoms with Crippen molar-refractivity contribution < 1.29 is 5.11 Å². The molecule has 2 rings (SSSR count). The highest BCUT2D eigenvalue weighted by molar-refractivity contribution is 5.32. The summed E-state index contributed by atoms with van der Waals surface area (Å²) in [4.78, 5) is 0. The van der Waals surface area contributed by atoms with Gasteiger partial charge in [-0.3, -0.25) is 0 Å². The van der Waals surface area contributed by atoms with E-state index in [-0.39, 0.29) is 6.04 Å². The molecule has 3 nitrogen and oxygen atoms in total. The molecular weight excluding hydrogens is 260 g/mol. The summed E-state index contributed by atoms with van der Waals surface area (Å²) in [5, 5.41) is 22.7. The molecule has 0 fully saturated rings. The highest BCUT2D eigenvalue weighted by Gasteiger charge is 2.23. The van der Waals surface area contributed by atoms with Gasteiger partial charge in [-0.2, -0.15) is 5.26 Å². The number of hydrogen-bond donors (Lipinski definition) is 2. The van der Waals surface area contributed by atoms with Gasteiger partial charge in [-0.15, -0.1) is 0 Å². The van der Waals surface area contributed by atoms with Crippen LogP contribution >= 0.6 is 0 Å². The summed E-state index contributed by atoms with van der Waals surface area (Å²) in [6.07, 6.45) is 0. The third-order valence-corrected chi connectivity index (χ3v) is 3.69. The molecule has 0 aliphatic carbocycles.